The van der Waals surface area contributed by atoms with Crippen LogP contribution in [0.4, 0.5) is 5.69 Å². The molecule has 0 spiro atoms. The summed E-state index contributed by atoms with van der Waals surface area (Å²) in [4.78, 5) is 27.3. The molecule has 1 fully saturated rings. The fourth-order valence-electron chi connectivity index (χ4n) is 3.24. The van der Waals surface area contributed by atoms with Crippen LogP contribution in [0.25, 0.3) is 0 Å². The summed E-state index contributed by atoms with van der Waals surface area (Å²) in [5.74, 6) is -0.645. The molecule has 1 aliphatic heterocycles. The minimum absolute atomic E-state index is 0. The number of hydrogen-bond acceptors (Lipinski definition) is 3. The number of likely N-dealkylation sites (tertiary alicyclic amines) is 1. The first kappa shape index (κ1) is 20.9. The number of benzene rings is 2. The molecule has 0 radical (unpaired) electrons. The standard InChI is InChI=1S/C21H25N3O2.ClH/c1-15(19(22)16-9-3-2-4-10-16)20(25)23-18-12-6-5-11-17(18)21(26)24-13-7-8-14-24;/h2-6,9-12,15,19H,7-8,13-14,22H2,1H3,(H,23,25);1H. The van der Waals surface area contributed by atoms with E-state index in [4.69, 9.17) is 5.73 Å². The maximum atomic E-state index is 12.7. The topological polar surface area (TPSA) is 75.4 Å². The van der Waals surface area contributed by atoms with Crippen LogP contribution in [-0.4, -0.2) is 29.8 Å². The molecule has 3 rings (SSSR count). The van der Waals surface area contributed by atoms with E-state index in [1.165, 1.54) is 0 Å². The summed E-state index contributed by atoms with van der Waals surface area (Å²) in [6.45, 7) is 3.35. The van der Waals surface area contributed by atoms with Crippen LogP contribution in [0.3, 0.4) is 0 Å². The molecule has 0 aromatic heterocycles. The average Bonchev–Trinajstić information content (AvgIpc) is 3.22. The number of carbonyl (C=O) groups is 2. The van der Waals surface area contributed by atoms with Crippen molar-refractivity contribution in [3.8, 4) is 0 Å². The van der Waals surface area contributed by atoms with Crippen molar-refractivity contribution >= 4 is 29.9 Å². The average molecular weight is 388 g/mol. The van der Waals surface area contributed by atoms with Gasteiger partial charge in [0.1, 0.15) is 0 Å². The van der Waals surface area contributed by atoms with Crippen molar-refractivity contribution in [2.24, 2.45) is 11.7 Å². The van der Waals surface area contributed by atoms with Crippen LogP contribution in [0.1, 0.15) is 41.7 Å². The molecular formula is C21H26ClN3O2. The van der Waals surface area contributed by atoms with Gasteiger partial charge in [0.2, 0.25) is 5.91 Å². The lowest BCUT2D eigenvalue weighted by Crippen LogP contribution is -2.32. The lowest BCUT2D eigenvalue weighted by atomic mass is 9.94. The molecule has 2 aromatic rings. The monoisotopic (exact) mass is 387 g/mol. The SMILES string of the molecule is CC(C(=O)Nc1ccccc1C(=O)N1CCCC1)C(N)c1ccccc1.Cl. The van der Waals surface area contributed by atoms with Gasteiger partial charge < -0.3 is 16.0 Å². The van der Waals surface area contributed by atoms with E-state index in [2.05, 4.69) is 5.32 Å². The van der Waals surface area contributed by atoms with Crippen molar-refractivity contribution in [2.75, 3.05) is 18.4 Å². The molecule has 1 saturated heterocycles. The first-order chi connectivity index (χ1) is 12.6. The van der Waals surface area contributed by atoms with Gasteiger partial charge in [-0.05, 0) is 30.5 Å². The van der Waals surface area contributed by atoms with Gasteiger partial charge in [-0.1, -0.05) is 49.4 Å². The largest absolute Gasteiger partial charge is 0.339 e. The van der Waals surface area contributed by atoms with Gasteiger partial charge in [-0.2, -0.15) is 0 Å². The molecule has 2 aromatic carbocycles. The molecule has 3 N–H and O–H groups in total. The van der Waals surface area contributed by atoms with E-state index in [0.29, 0.717) is 11.3 Å². The molecule has 1 aliphatic rings. The van der Waals surface area contributed by atoms with Gasteiger partial charge in [0.15, 0.2) is 0 Å². The Bertz CT molecular complexity index is 776. The van der Waals surface area contributed by atoms with Crippen molar-refractivity contribution in [3.63, 3.8) is 0 Å². The molecule has 144 valence electrons. The van der Waals surface area contributed by atoms with Gasteiger partial charge in [0.25, 0.3) is 5.91 Å². The number of hydrogen-bond donors (Lipinski definition) is 2. The Morgan fingerprint density at radius 1 is 1.00 bits per heavy atom. The Hall–Kier alpha value is -2.37. The predicted octanol–water partition coefficient (Wildman–Crippen LogP) is 3.62. The number of para-hydroxylation sites is 1. The highest BCUT2D eigenvalue weighted by atomic mass is 35.5. The molecule has 27 heavy (non-hydrogen) atoms. The quantitative estimate of drug-likeness (QED) is 0.822. The summed E-state index contributed by atoms with van der Waals surface area (Å²) in [7, 11) is 0. The molecule has 0 saturated carbocycles. The second-order valence-electron chi connectivity index (χ2n) is 6.76. The smallest absolute Gasteiger partial charge is 0.255 e. The number of nitrogens with two attached hydrogens (primary N) is 1. The summed E-state index contributed by atoms with van der Waals surface area (Å²) in [5, 5.41) is 2.90. The first-order valence-corrected chi connectivity index (χ1v) is 9.07. The van der Waals surface area contributed by atoms with E-state index in [-0.39, 0.29) is 24.2 Å². The second-order valence-corrected chi connectivity index (χ2v) is 6.76. The number of amides is 2. The number of anilines is 1. The van der Waals surface area contributed by atoms with Crippen molar-refractivity contribution in [2.45, 2.75) is 25.8 Å². The van der Waals surface area contributed by atoms with E-state index >= 15 is 0 Å². The highest BCUT2D eigenvalue weighted by Crippen LogP contribution is 2.24. The van der Waals surface area contributed by atoms with Crippen LogP contribution < -0.4 is 11.1 Å². The number of nitrogens with zero attached hydrogens (tertiary/aromatic N) is 1. The maximum Gasteiger partial charge on any atom is 0.255 e. The lowest BCUT2D eigenvalue weighted by Gasteiger charge is -2.22. The van der Waals surface area contributed by atoms with Crippen LogP contribution in [0.2, 0.25) is 0 Å². The highest BCUT2D eigenvalue weighted by Gasteiger charge is 2.25. The van der Waals surface area contributed by atoms with Gasteiger partial charge in [0, 0.05) is 19.1 Å². The molecule has 2 amide bonds. The molecule has 2 atom stereocenters. The Morgan fingerprint density at radius 2 is 1.59 bits per heavy atom. The van der Waals surface area contributed by atoms with Crippen molar-refractivity contribution < 1.29 is 9.59 Å². The van der Waals surface area contributed by atoms with Crippen molar-refractivity contribution in [1.29, 1.82) is 0 Å². The lowest BCUT2D eigenvalue weighted by molar-refractivity contribution is -0.120. The molecule has 0 bridgehead atoms. The van der Waals surface area contributed by atoms with E-state index < -0.39 is 12.0 Å². The number of nitrogens with one attached hydrogen (secondary N) is 1. The maximum absolute atomic E-state index is 12.7. The fraction of sp³-hybridized carbons (Fsp3) is 0.333. The van der Waals surface area contributed by atoms with Crippen LogP contribution in [0.5, 0.6) is 0 Å². The zero-order valence-electron chi connectivity index (χ0n) is 15.4. The summed E-state index contributed by atoms with van der Waals surface area (Å²) < 4.78 is 0. The Labute approximate surface area is 166 Å². The Kier molecular flexibility index (Phi) is 7.39. The Morgan fingerprint density at radius 3 is 2.26 bits per heavy atom. The molecule has 5 nitrogen and oxygen atoms in total. The predicted molar refractivity (Wildman–Crippen MR) is 110 cm³/mol. The number of carbonyl (C=O) groups excluding carboxylic acids is 2. The van der Waals surface area contributed by atoms with E-state index in [1.807, 2.05) is 47.4 Å². The third-order valence-corrected chi connectivity index (χ3v) is 4.95. The van der Waals surface area contributed by atoms with Crippen LogP contribution in [0.15, 0.2) is 54.6 Å². The zero-order valence-corrected chi connectivity index (χ0v) is 16.2. The van der Waals surface area contributed by atoms with E-state index in [9.17, 15) is 9.59 Å². The third kappa shape index (κ3) is 4.87. The molecule has 1 heterocycles. The van der Waals surface area contributed by atoms with Gasteiger partial charge in [-0.3, -0.25) is 9.59 Å². The fourth-order valence-corrected chi connectivity index (χ4v) is 3.24. The highest BCUT2D eigenvalue weighted by molar-refractivity contribution is 6.04. The van der Waals surface area contributed by atoms with Crippen molar-refractivity contribution in [3.05, 3.63) is 65.7 Å². The van der Waals surface area contributed by atoms with Crippen LogP contribution in [-0.2, 0) is 4.79 Å². The summed E-state index contributed by atoms with van der Waals surface area (Å²) >= 11 is 0. The van der Waals surface area contributed by atoms with Gasteiger partial charge in [0.05, 0.1) is 17.2 Å². The first-order valence-electron chi connectivity index (χ1n) is 9.07. The van der Waals surface area contributed by atoms with Crippen LogP contribution >= 0.6 is 12.4 Å². The molecular weight excluding hydrogens is 362 g/mol. The molecule has 2 unspecified atom stereocenters. The summed E-state index contributed by atoms with van der Waals surface area (Å²) in [6.07, 6.45) is 2.06. The van der Waals surface area contributed by atoms with Gasteiger partial charge in [-0.15, -0.1) is 12.4 Å². The zero-order chi connectivity index (χ0) is 18.5. The minimum Gasteiger partial charge on any atom is -0.339 e. The van der Waals surface area contributed by atoms with E-state index in [0.717, 1.165) is 31.5 Å². The third-order valence-electron chi connectivity index (χ3n) is 4.95. The summed E-state index contributed by atoms with van der Waals surface area (Å²) in [5.41, 5.74) is 8.24. The van der Waals surface area contributed by atoms with Gasteiger partial charge in [-0.25, -0.2) is 0 Å². The number of rotatable bonds is 5. The Balaban J connectivity index is 0.00000261. The van der Waals surface area contributed by atoms with Crippen molar-refractivity contribution in [1.82, 2.24) is 4.90 Å². The molecule has 6 heteroatoms. The summed E-state index contributed by atoms with van der Waals surface area (Å²) in [6, 6.07) is 16.3. The van der Waals surface area contributed by atoms with Gasteiger partial charge >= 0.3 is 0 Å². The normalized spacial score (nSPS) is 15.6. The molecule has 0 aliphatic carbocycles. The van der Waals surface area contributed by atoms with E-state index in [1.54, 1.807) is 19.1 Å². The number of halogens is 1. The van der Waals surface area contributed by atoms with Crippen LogP contribution in [0, 0.1) is 5.92 Å². The minimum atomic E-state index is -0.424. The second kappa shape index (κ2) is 9.53.